The van der Waals surface area contributed by atoms with Crippen LogP contribution in [0.1, 0.15) is 12.0 Å². The van der Waals surface area contributed by atoms with Crippen LogP contribution in [0.25, 0.3) is 5.57 Å². The number of rotatable bonds is 5. The minimum absolute atomic E-state index is 0.0235. The van der Waals surface area contributed by atoms with E-state index in [1.54, 1.807) is 30.4 Å². The first kappa shape index (κ1) is 18.8. The van der Waals surface area contributed by atoms with Crippen molar-refractivity contribution in [1.82, 2.24) is 4.90 Å². The van der Waals surface area contributed by atoms with Crippen LogP contribution in [0.15, 0.2) is 90.2 Å². The summed E-state index contributed by atoms with van der Waals surface area (Å²) in [6, 6.07) is 11.5. The molecule has 138 valence electrons. The highest BCUT2D eigenvalue weighted by Crippen LogP contribution is 2.33. The number of benzene rings is 1. The van der Waals surface area contributed by atoms with Crippen LogP contribution in [0.2, 0.25) is 0 Å². The molecule has 3 rings (SSSR count). The number of ether oxygens (including phenoxy) is 2. The predicted molar refractivity (Wildman–Crippen MR) is 107 cm³/mol. The quantitative estimate of drug-likeness (QED) is 0.561. The van der Waals surface area contributed by atoms with Crippen molar-refractivity contribution in [2.24, 2.45) is 0 Å². The van der Waals surface area contributed by atoms with Crippen LogP contribution in [-0.2, 0) is 4.74 Å². The minimum Gasteiger partial charge on any atom is -0.497 e. The van der Waals surface area contributed by atoms with E-state index in [9.17, 15) is 10.5 Å². The summed E-state index contributed by atoms with van der Waals surface area (Å²) in [7, 11) is 1.62. The van der Waals surface area contributed by atoms with Gasteiger partial charge in [-0.25, -0.2) is 0 Å². The Morgan fingerprint density at radius 3 is 2.57 bits per heavy atom. The molecule has 0 saturated heterocycles. The average Bonchev–Trinajstić information content (AvgIpc) is 3.26. The first-order valence-electron chi connectivity index (χ1n) is 8.75. The zero-order valence-corrected chi connectivity index (χ0v) is 15.6. The van der Waals surface area contributed by atoms with Gasteiger partial charge in [-0.15, -0.1) is 0 Å². The van der Waals surface area contributed by atoms with Crippen molar-refractivity contribution in [3.8, 4) is 17.9 Å². The molecular weight excluding hydrogens is 350 g/mol. The van der Waals surface area contributed by atoms with Gasteiger partial charge in [0.15, 0.2) is 5.57 Å². The Morgan fingerprint density at radius 2 is 1.96 bits per heavy atom. The summed E-state index contributed by atoms with van der Waals surface area (Å²) in [5.74, 6) is 1.49. The fourth-order valence-electron chi connectivity index (χ4n) is 2.91. The van der Waals surface area contributed by atoms with Crippen LogP contribution in [0.3, 0.4) is 0 Å². The Bertz CT molecular complexity index is 993. The maximum absolute atomic E-state index is 9.37. The van der Waals surface area contributed by atoms with Gasteiger partial charge in [0.25, 0.3) is 0 Å². The van der Waals surface area contributed by atoms with Gasteiger partial charge in [-0.2, -0.15) is 10.5 Å². The number of hydrogen-bond acceptors (Lipinski definition) is 5. The second kappa shape index (κ2) is 8.62. The highest BCUT2D eigenvalue weighted by Gasteiger charge is 2.21. The Hall–Kier alpha value is -3.96. The maximum atomic E-state index is 9.37. The lowest BCUT2D eigenvalue weighted by atomic mass is 10.0. The summed E-state index contributed by atoms with van der Waals surface area (Å²) in [6.07, 6.45) is 11.9. The monoisotopic (exact) mass is 369 g/mol. The molecule has 0 N–H and O–H groups in total. The molecule has 0 saturated carbocycles. The molecular formula is C23H19N3O2. The Morgan fingerprint density at radius 1 is 1.21 bits per heavy atom. The van der Waals surface area contributed by atoms with Crippen LogP contribution >= 0.6 is 0 Å². The van der Waals surface area contributed by atoms with E-state index in [0.717, 1.165) is 34.8 Å². The number of allylic oxidation sites excluding steroid dienone is 6. The Kier molecular flexibility index (Phi) is 5.79. The van der Waals surface area contributed by atoms with E-state index in [2.05, 4.69) is 6.58 Å². The van der Waals surface area contributed by atoms with Crippen molar-refractivity contribution in [3.05, 3.63) is 95.7 Å². The number of methoxy groups -OCH3 is 1. The normalized spacial score (nSPS) is 15.4. The highest BCUT2D eigenvalue weighted by molar-refractivity contribution is 5.79. The van der Waals surface area contributed by atoms with E-state index >= 15 is 0 Å². The summed E-state index contributed by atoms with van der Waals surface area (Å²) in [6.45, 7) is 4.90. The third kappa shape index (κ3) is 3.90. The van der Waals surface area contributed by atoms with E-state index < -0.39 is 0 Å². The van der Waals surface area contributed by atoms with Gasteiger partial charge in [-0.1, -0.05) is 24.8 Å². The number of hydrogen-bond donors (Lipinski definition) is 0. The highest BCUT2D eigenvalue weighted by atomic mass is 16.5. The third-order valence-electron chi connectivity index (χ3n) is 4.36. The van der Waals surface area contributed by atoms with Gasteiger partial charge in [0.2, 0.25) is 0 Å². The van der Waals surface area contributed by atoms with Gasteiger partial charge >= 0.3 is 0 Å². The van der Waals surface area contributed by atoms with Gasteiger partial charge in [0.1, 0.15) is 23.6 Å². The molecule has 0 atom stereocenters. The molecule has 0 amide bonds. The number of nitriles is 2. The summed E-state index contributed by atoms with van der Waals surface area (Å²) in [5, 5.41) is 18.7. The first-order valence-corrected chi connectivity index (χ1v) is 8.75. The van der Waals surface area contributed by atoms with Gasteiger partial charge in [0, 0.05) is 18.7 Å². The lowest BCUT2D eigenvalue weighted by Crippen LogP contribution is -2.19. The molecule has 28 heavy (non-hydrogen) atoms. The molecule has 0 unspecified atom stereocenters. The summed E-state index contributed by atoms with van der Waals surface area (Å²) in [4.78, 5) is 1.79. The SMILES string of the molecule is C=C(/C(=C\C1=CCCO1)N1C=CC=CC1=C(C#N)C#N)c1ccc(OC)cc1. The van der Waals surface area contributed by atoms with Crippen molar-refractivity contribution >= 4 is 5.57 Å². The summed E-state index contributed by atoms with van der Waals surface area (Å²) >= 11 is 0. The molecule has 1 aromatic carbocycles. The van der Waals surface area contributed by atoms with Crippen molar-refractivity contribution in [1.29, 1.82) is 10.5 Å². The van der Waals surface area contributed by atoms with Crippen LogP contribution in [0, 0.1) is 22.7 Å². The van der Waals surface area contributed by atoms with Gasteiger partial charge in [0.05, 0.1) is 25.1 Å². The van der Waals surface area contributed by atoms with E-state index in [4.69, 9.17) is 9.47 Å². The van der Waals surface area contributed by atoms with Crippen molar-refractivity contribution in [2.75, 3.05) is 13.7 Å². The van der Waals surface area contributed by atoms with Crippen LogP contribution in [0.4, 0.5) is 0 Å². The molecule has 1 aromatic rings. The van der Waals surface area contributed by atoms with Crippen molar-refractivity contribution < 1.29 is 9.47 Å². The zero-order valence-electron chi connectivity index (χ0n) is 15.6. The van der Waals surface area contributed by atoms with Crippen molar-refractivity contribution in [2.45, 2.75) is 6.42 Å². The molecule has 5 heteroatoms. The second-order valence-corrected chi connectivity index (χ2v) is 6.03. The Balaban J connectivity index is 2.09. The molecule has 0 fully saturated rings. The average molecular weight is 369 g/mol. The fourth-order valence-corrected chi connectivity index (χ4v) is 2.91. The molecule has 5 nitrogen and oxygen atoms in total. The zero-order chi connectivity index (χ0) is 19.9. The van der Waals surface area contributed by atoms with Gasteiger partial charge in [-0.3, -0.25) is 0 Å². The first-order chi connectivity index (χ1) is 13.7. The van der Waals surface area contributed by atoms with Crippen LogP contribution < -0.4 is 4.74 Å². The third-order valence-corrected chi connectivity index (χ3v) is 4.36. The van der Waals surface area contributed by atoms with E-state index in [1.807, 2.05) is 54.6 Å². The van der Waals surface area contributed by atoms with Gasteiger partial charge in [-0.05, 0) is 41.5 Å². The molecule has 2 heterocycles. The largest absolute Gasteiger partial charge is 0.497 e. The predicted octanol–water partition coefficient (Wildman–Crippen LogP) is 4.58. The molecule has 0 spiro atoms. The minimum atomic E-state index is 0.0235. The smallest absolute Gasteiger partial charge is 0.153 e. The lowest BCUT2D eigenvalue weighted by Gasteiger charge is -2.28. The van der Waals surface area contributed by atoms with E-state index in [-0.39, 0.29) is 5.57 Å². The summed E-state index contributed by atoms with van der Waals surface area (Å²) in [5.41, 5.74) is 2.86. The fraction of sp³-hybridized carbons (Fsp3) is 0.130. The molecule has 2 aliphatic heterocycles. The lowest BCUT2D eigenvalue weighted by molar-refractivity contribution is 0.256. The molecule has 2 aliphatic rings. The van der Waals surface area contributed by atoms with E-state index in [0.29, 0.717) is 12.3 Å². The topological polar surface area (TPSA) is 69.3 Å². The van der Waals surface area contributed by atoms with Crippen molar-refractivity contribution in [3.63, 3.8) is 0 Å². The standard InChI is InChI=1S/C23H19N3O2/c1-17(18-8-10-20(27-2)11-9-18)23(14-21-6-5-13-28-21)26-12-4-3-7-22(26)19(15-24)16-25/h3-4,6-12,14H,1,5,13H2,2H3/b23-14+. The van der Waals surface area contributed by atoms with Crippen LogP contribution in [-0.4, -0.2) is 18.6 Å². The Labute approximate surface area is 164 Å². The number of nitrogens with zero attached hydrogens (tertiary/aromatic N) is 3. The molecule has 0 radical (unpaired) electrons. The molecule has 0 bridgehead atoms. The van der Waals surface area contributed by atoms with E-state index in [1.165, 1.54) is 0 Å². The van der Waals surface area contributed by atoms with Gasteiger partial charge < -0.3 is 14.4 Å². The molecule has 0 aromatic heterocycles. The summed E-state index contributed by atoms with van der Waals surface area (Å²) < 4.78 is 10.9. The van der Waals surface area contributed by atoms with Crippen LogP contribution in [0.5, 0.6) is 5.75 Å². The second-order valence-electron chi connectivity index (χ2n) is 6.03. The maximum Gasteiger partial charge on any atom is 0.153 e. The molecule has 0 aliphatic carbocycles.